The SMILES string of the molecule is CCS(=O)(=O)C[C@H](COc1ccc(N2Cc3cc(-c4ccc(Cl)cc4)sc3C2=O)cc1OC)OC(=O)[C@@H](N)C(C)C.Cl. The number of hydrogen-bond donors (Lipinski definition) is 1. The molecule has 4 rings (SSSR count). The highest BCUT2D eigenvalue weighted by Gasteiger charge is 2.32. The molecule has 0 aliphatic carbocycles. The average Bonchev–Trinajstić information content (AvgIpc) is 3.50. The van der Waals surface area contributed by atoms with Gasteiger partial charge in [0.25, 0.3) is 5.91 Å². The number of carbonyl (C=O) groups is 2. The van der Waals surface area contributed by atoms with Gasteiger partial charge in [-0.05, 0) is 47.4 Å². The first kappa shape index (κ1) is 33.7. The molecule has 1 aliphatic heterocycles. The number of halogens is 2. The van der Waals surface area contributed by atoms with Gasteiger partial charge in [0.15, 0.2) is 21.3 Å². The molecular formula is C29H34Cl2N2O7S2. The second-order valence-corrected chi connectivity index (χ2v) is 13.9. The summed E-state index contributed by atoms with van der Waals surface area (Å²) in [5.41, 5.74) is 8.45. The van der Waals surface area contributed by atoms with Gasteiger partial charge in [-0.3, -0.25) is 9.59 Å². The quantitative estimate of drug-likeness (QED) is 0.258. The zero-order valence-corrected chi connectivity index (χ0v) is 26.9. The smallest absolute Gasteiger partial charge is 0.323 e. The van der Waals surface area contributed by atoms with E-state index in [1.807, 2.05) is 30.3 Å². The van der Waals surface area contributed by atoms with Gasteiger partial charge in [0, 0.05) is 27.4 Å². The van der Waals surface area contributed by atoms with E-state index in [4.69, 9.17) is 31.5 Å². The van der Waals surface area contributed by atoms with Crippen LogP contribution < -0.4 is 20.1 Å². The number of fused-ring (bicyclic) bond motifs is 1. The van der Waals surface area contributed by atoms with E-state index >= 15 is 0 Å². The Labute approximate surface area is 261 Å². The summed E-state index contributed by atoms with van der Waals surface area (Å²) in [6, 6.07) is 13.7. The number of esters is 1. The second kappa shape index (κ2) is 14.1. The van der Waals surface area contributed by atoms with Crippen LogP contribution in [0.4, 0.5) is 5.69 Å². The fraction of sp³-hybridized carbons (Fsp3) is 0.379. The molecule has 0 radical (unpaired) electrons. The summed E-state index contributed by atoms with van der Waals surface area (Å²) in [7, 11) is -2.01. The number of carbonyl (C=O) groups excluding carboxylic acids is 2. The molecule has 2 atom stereocenters. The molecule has 1 aliphatic rings. The molecule has 9 nitrogen and oxygen atoms in total. The lowest BCUT2D eigenvalue weighted by atomic mass is 10.1. The summed E-state index contributed by atoms with van der Waals surface area (Å²) in [5.74, 6) is -0.836. The Bertz CT molecular complexity index is 1530. The molecular weight excluding hydrogens is 623 g/mol. The van der Waals surface area contributed by atoms with Crippen LogP contribution in [0.25, 0.3) is 10.4 Å². The summed E-state index contributed by atoms with van der Waals surface area (Å²) in [4.78, 5) is 29.1. The molecule has 0 saturated heterocycles. The number of anilines is 1. The van der Waals surface area contributed by atoms with Crippen LogP contribution >= 0.6 is 35.3 Å². The number of nitrogens with zero attached hydrogens (tertiary/aromatic N) is 1. The van der Waals surface area contributed by atoms with E-state index in [1.165, 1.54) is 25.4 Å². The molecule has 2 aromatic carbocycles. The van der Waals surface area contributed by atoms with E-state index in [0.29, 0.717) is 33.6 Å². The number of benzene rings is 2. The molecule has 0 bridgehead atoms. The van der Waals surface area contributed by atoms with E-state index in [1.54, 1.807) is 36.9 Å². The maximum Gasteiger partial charge on any atom is 0.323 e. The number of rotatable bonds is 12. The molecule has 2 N–H and O–H groups in total. The molecule has 3 aromatic rings. The van der Waals surface area contributed by atoms with Crippen molar-refractivity contribution in [3.05, 3.63) is 64.0 Å². The highest BCUT2D eigenvalue weighted by Crippen LogP contribution is 2.40. The summed E-state index contributed by atoms with van der Waals surface area (Å²) in [6.45, 7) is 5.25. The number of amides is 1. The Balaban J connectivity index is 0.00000484. The van der Waals surface area contributed by atoms with Crippen LogP contribution in [0.5, 0.6) is 11.5 Å². The lowest BCUT2D eigenvalue weighted by molar-refractivity contribution is -0.152. The molecule has 1 amide bonds. The molecule has 1 aromatic heterocycles. The van der Waals surface area contributed by atoms with E-state index in [-0.39, 0.29) is 36.6 Å². The van der Waals surface area contributed by atoms with Crippen molar-refractivity contribution in [3.63, 3.8) is 0 Å². The molecule has 0 saturated carbocycles. The van der Waals surface area contributed by atoms with Crippen molar-refractivity contribution >= 4 is 62.7 Å². The molecule has 0 fully saturated rings. The molecule has 0 spiro atoms. The van der Waals surface area contributed by atoms with Crippen molar-refractivity contribution in [3.8, 4) is 21.9 Å². The maximum atomic E-state index is 13.3. The van der Waals surface area contributed by atoms with Gasteiger partial charge in [-0.2, -0.15) is 0 Å². The standard InChI is InChI=1S/C29H33ClN2O7S2.ClH/c1-5-41(35,36)16-22(39-29(34)26(31)17(2)3)15-38-23-11-10-21(13-24(23)37-4)32-14-19-12-25(40-27(19)28(32)33)18-6-8-20(30)9-7-18;/h6-13,17,22,26H,5,14-16,31H2,1-4H3;1H/t22-,26-;/m0./s1. The molecule has 0 unspecified atom stereocenters. The third-order valence-corrected chi connectivity index (χ3v) is 9.97. The third kappa shape index (κ3) is 7.76. The summed E-state index contributed by atoms with van der Waals surface area (Å²) in [5, 5.41) is 0.652. The highest BCUT2D eigenvalue weighted by atomic mass is 35.5. The first-order chi connectivity index (χ1) is 19.4. The Morgan fingerprint density at radius 1 is 1.12 bits per heavy atom. The average molecular weight is 658 g/mol. The predicted octanol–water partition coefficient (Wildman–Crippen LogP) is 5.37. The van der Waals surface area contributed by atoms with Crippen LogP contribution in [0.2, 0.25) is 5.02 Å². The fourth-order valence-electron chi connectivity index (χ4n) is 4.22. The number of ether oxygens (including phenoxy) is 3. The second-order valence-electron chi connectivity index (χ2n) is 10.0. The van der Waals surface area contributed by atoms with Gasteiger partial charge in [0.1, 0.15) is 18.8 Å². The monoisotopic (exact) mass is 656 g/mol. The van der Waals surface area contributed by atoms with Crippen LogP contribution in [-0.2, 0) is 25.9 Å². The first-order valence-electron chi connectivity index (χ1n) is 13.1. The van der Waals surface area contributed by atoms with Crippen molar-refractivity contribution < 1.29 is 32.2 Å². The summed E-state index contributed by atoms with van der Waals surface area (Å²) < 4.78 is 41.4. The third-order valence-electron chi connectivity index (χ3n) is 6.74. The van der Waals surface area contributed by atoms with Gasteiger partial charge in [-0.15, -0.1) is 23.7 Å². The van der Waals surface area contributed by atoms with Gasteiger partial charge in [-0.1, -0.05) is 44.5 Å². The van der Waals surface area contributed by atoms with Gasteiger partial charge in [-0.25, -0.2) is 8.42 Å². The van der Waals surface area contributed by atoms with Crippen molar-refractivity contribution in [2.75, 3.05) is 30.1 Å². The minimum atomic E-state index is -3.48. The Hall–Kier alpha value is -2.83. The lowest BCUT2D eigenvalue weighted by Crippen LogP contribution is -2.42. The van der Waals surface area contributed by atoms with Crippen molar-refractivity contribution in [1.29, 1.82) is 0 Å². The minimum Gasteiger partial charge on any atom is -0.493 e. The Kier molecular flexibility index (Phi) is 11.3. The van der Waals surface area contributed by atoms with Crippen molar-refractivity contribution in [1.82, 2.24) is 0 Å². The number of sulfone groups is 1. The summed E-state index contributed by atoms with van der Waals surface area (Å²) >= 11 is 7.44. The van der Waals surface area contributed by atoms with E-state index < -0.39 is 33.7 Å². The molecule has 42 heavy (non-hydrogen) atoms. The summed E-state index contributed by atoms with van der Waals surface area (Å²) in [6.07, 6.45) is -1.06. The van der Waals surface area contributed by atoms with Crippen molar-refractivity contribution in [2.24, 2.45) is 11.7 Å². The normalized spacial score (nSPS) is 14.3. The zero-order chi connectivity index (χ0) is 29.9. The molecule has 2 heterocycles. The minimum absolute atomic E-state index is 0. The Morgan fingerprint density at radius 3 is 2.40 bits per heavy atom. The number of methoxy groups -OCH3 is 1. The van der Waals surface area contributed by atoms with E-state index in [2.05, 4.69) is 0 Å². The van der Waals surface area contributed by atoms with Crippen LogP contribution in [0.1, 0.15) is 36.0 Å². The predicted molar refractivity (Wildman–Crippen MR) is 168 cm³/mol. The largest absolute Gasteiger partial charge is 0.493 e. The van der Waals surface area contributed by atoms with Gasteiger partial charge in [0.05, 0.1) is 24.3 Å². The topological polar surface area (TPSA) is 125 Å². The van der Waals surface area contributed by atoms with Gasteiger partial charge >= 0.3 is 5.97 Å². The van der Waals surface area contributed by atoms with E-state index in [9.17, 15) is 18.0 Å². The Morgan fingerprint density at radius 2 is 1.81 bits per heavy atom. The lowest BCUT2D eigenvalue weighted by Gasteiger charge is -2.23. The zero-order valence-electron chi connectivity index (χ0n) is 23.7. The molecule has 228 valence electrons. The van der Waals surface area contributed by atoms with Gasteiger partial charge in [0.2, 0.25) is 0 Å². The van der Waals surface area contributed by atoms with E-state index in [0.717, 1.165) is 16.0 Å². The van der Waals surface area contributed by atoms with Crippen LogP contribution in [-0.4, -0.2) is 57.7 Å². The van der Waals surface area contributed by atoms with Crippen LogP contribution in [0, 0.1) is 5.92 Å². The van der Waals surface area contributed by atoms with Crippen molar-refractivity contribution in [2.45, 2.75) is 39.5 Å². The van der Waals surface area contributed by atoms with Crippen LogP contribution in [0.3, 0.4) is 0 Å². The fourth-order valence-corrected chi connectivity index (χ4v) is 6.43. The molecule has 13 heteroatoms. The highest BCUT2D eigenvalue weighted by molar-refractivity contribution is 7.91. The maximum absolute atomic E-state index is 13.3. The van der Waals surface area contributed by atoms with Gasteiger partial charge < -0.3 is 24.8 Å². The number of hydrogen-bond acceptors (Lipinski definition) is 9. The van der Waals surface area contributed by atoms with Crippen LogP contribution in [0.15, 0.2) is 48.5 Å². The first-order valence-corrected chi connectivity index (χ1v) is 16.1. The number of thiophene rings is 1. The number of nitrogens with two attached hydrogens (primary N) is 1.